The largest absolute Gasteiger partial charge is 0.468 e. The van der Waals surface area contributed by atoms with Gasteiger partial charge < -0.3 is 10.1 Å². The zero-order valence-electron chi connectivity index (χ0n) is 16.6. The van der Waals surface area contributed by atoms with Gasteiger partial charge in [0, 0.05) is 31.5 Å². The Bertz CT molecular complexity index is 806. The van der Waals surface area contributed by atoms with E-state index < -0.39 is 0 Å². The van der Waals surface area contributed by atoms with Gasteiger partial charge in [-0.25, -0.2) is 0 Å². The van der Waals surface area contributed by atoms with E-state index in [4.69, 9.17) is 4.74 Å². The Morgan fingerprint density at radius 3 is 2.61 bits per heavy atom. The standard InChI is InChI=1S/C22H27N3O3/c1-15(2)17-8-6-16(7-9-17)13-25-14-19(11-20(25)22(27)28-3)24-21(26)18-5-4-10-23-12-18/h4-10,12,15,19-20H,11,13-14H2,1-3H3,(H,24,26)/t19-,20-/m0/s1. The number of benzene rings is 1. The highest BCUT2D eigenvalue weighted by atomic mass is 16.5. The quantitative estimate of drug-likeness (QED) is 0.779. The molecule has 1 amide bonds. The number of ether oxygens (including phenoxy) is 1. The van der Waals surface area contributed by atoms with Crippen LogP contribution in [-0.2, 0) is 16.1 Å². The van der Waals surface area contributed by atoms with Crippen molar-refractivity contribution in [1.82, 2.24) is 15.2 Å². The minimum Gasteiger partial charge on any atom is -0.468 e. The molecule has 0 unspecified atom stereocenters. The van der Waals surface area contributed by atoms with Gasteiger partial charge in [-0.2, -0.15) is 0 Å². The third-order valence-corrected chi connectivity index (χ3v) is 5.17. The third-order valence-electron chi connectivity index (χ3n) is 5.17. The van der Waals surface area contributed by atoms with Crippen molar-refractivity contribution in [1.29, 1.82) is 0 Å². The summed E-state index contributed by atoms with van der Waals surface area (Å²) >= 11 is 0. The Labute approximate surface area is 165 Å². The fourth-order valence-electron chi connectivity index (χ4n) is 3.57. The van der Waals surface area contributed by atoms with Gasteiger partial charge in [-0.3, -0.25) is 19.5 Å². The zero-order chi connectivity index (χ0) is 20.1. The van der Waals surface area contributed by atoms with Crippen molar-refractivity contribution in [3.05, 3.63) is 65.5 Å². The molecule has 148 valence electrons. The Kier molecular flexibility index (Phi) is 6.41. The Morgan fingerprint density at radius 1 is 1.25 bits per heavy atom. The molecule has 1 fully saturated rings. The smallest absolute Gasteiger partial charge is 0.323 e. The lowest BCUT2D eigenvalue weighted by Crippen LogP contribution is -2.37. The van der Waals surface area contributed by atoms with E-state index in [1.165, 1.54) is 18.9 Å². The lowest BCUT2D eigenvalue weighted by Gasteiger charge is -2.22. The summed E-state index contributed by atoms with van der Waals surface area (Å²) in [6.07, 6.45) is 3.70. The number of carbonyl (C=O) groups excluding carboxylic acids is 2. The van der Waals surface area contributed by atoms with Crippen LogP contribution in [0.15, 0.2) is 48.8 Å². The topological polar surface area (TPSA) is 71.5 Å². The highest BCUT2D eigenvalue weighted by Crippen LogP contribution is 2.23. The number of rotatable bonds is 6. The van der Waals surface area contributed by atoms with Gasteiger partial charge in [0.05, 0.1) is 12.7 Å². The van der Waals surface area contributed by atoms with Crippen molar-refractivity contribution in [2.45, 2.75) is 44.8 Å². The van der Waals surface area contributed by atoms with Gasteiger partial charge in [0.2, 0.25) is 0 Å². The SMILES string of the molecule is COC(=O)[C@@H]1C[C@H](NC(=O)c2cccnc2)CN1Cc1ccc(C(C)C)cc1. The van der Waals surface area contributed by atoms with E-state index in [1.807, 2.05) is 0 Å². The van der Waals surface area contributed by atoms with Crippen LogP contribution in [0.5, 0.6) is 0 Å². The molecule has 2 atom stereocenters. The second-order valence-electron chi connectivity index (χ2n) is 7.51. The molecule has 28 heavy (non-hydrogen) atoms. The summed E-state index contributed by atoms with van der Waals surface area (Å²) < 4.78 is 4.99. The molecule has 2 aromatic rings. The predicted molar refractivity (Wildman–Crippen MR) is 107 cm³/mol. The molecule has 1 N–H and O–H groups in total. The van der Waals surface area contributed by atoms with Gasteiger partial charge in [0.1, 0.15) is 6.04 Å². The van der Waals surface area contributed by atoms with E-state index in [9.17, 15) is 9.59 Å². The van der Waals surface area contributed by atoms with Crippen LogP contribution in [0.25, 0.3) is 0 Å². The van der Waals surface area contributed by atoms with Crippen LogP contribution in [-0.4, -0.2) is 47.5 Å². The normalized spacial score (nSPS) is 19.6. The van der Waals surface area contributed by atoms with E-state index >= 15 is 0 Å². The van der Waals surface area contributed by atoms with E-state index in [-0.39, 0.29) is 24.0 Å². The molecule has 0 bridgehead atoms. The van der Waals surface area contributed by atoms with E-state index in [1.54, 1.807) is 18.3 Å². The molecule has 3 rings (SSSR count). The molecule has 0 saturated carbocycles. The minimum absolute atomic E-state index is 0.119. The maximum Gasteiger partial charge on any atom is 0.323 e. The van der Waals surface area contributed by atoms with Crippen LogP contribution >= 0.6 is 0 Å². The molecule has 1 aliphatic rings. The highest BCUT2D eigenvalue weighted by molar-refractivity contribution is 5.94. The first-order valence-corrected chi connectivity index (χ1v) is 9.59. The fraction of sp³-hybridized carbons (Fsp3) is 0.409. The number of hydrogen-bond acceptors (Lipinski definition) is 5. The third kappa shape index (κ3) is 4.75. The van der Waals surface area contributed by atoms with Crippen LogP contribution in [0.3, 0.4) is 0 Å². The summed E-state index contributed by atoms with van der Waals surface area (Å²) in [5.74, 6) is 0.0394. The van der Waals surface area contributed by atoms with Crippen molar-refractivity contribution in [3.8, 4) is 0 Å². The zero-order valence-corrected chi connectivity index (χ0v) is 16.6. The number of amides is 1. The van der Waals surface area contributed by atoms with Crippen LogP contribution in [0.1, 0.15) is 47.7 Å². The number of aromatic nitrogens is 1. The summed E-state index contributed by atoms with van der Waals surface area (Å²) in [4.78, 5) is 30.8. The summed E-state index contributed by atoms with van der Waals surface area (Å²) in [6, 6.07) is 11.4. The van der Waals surface area contributed by atoms with Crippen LogP contribution in [0.4, 0.5) is 0 Å². The van der Waals surface area contributed by atoms with Crippen LogP contribution in [0, 0.1) is 0 Å². The molecular weight excluding hydrogens is 354 g/mol. The first kappa shape index (κ1) is 20.0. The van der Waals surface area contributed by atoms with Gasteiger partial charge >= 0.3 is 5.97 Å². The number of nitrogens with zero attached hydrogens (tertiary/aromatic N) is 2. The van der Waals surface area contributed by atoms with Crippen molar-refractivity contribution in [2.24, 2.45) is 0 Å². The summed E-state index contributed by atoms with van der Waals surface area (Å²) in [5, 5.41) is 3.02. The first-order valence-electron chi connectivity index (χ1n) is 9.59. The number of pyridine rings is 1. The number of nitrogens with one attached hydrogen (secondary N) is 1. The van der Waals surface area contributed by atoms with Crippen LogP contribution < -0.4 is 5.32 Å². The van der Waals surface area contributed by atoms with Gasteiger partial charge in [-0.15, -0.1) is 0 Å². The molecule has 1 aromatic carbocycles. The summed E-state index contributed by atoms with van der Waals surface area (Å²) in [7, 11) is 1.40. The lowest BCUT2D eigenvalue weighted by atomic mass is 10.0. The number of hydrogen-bond donors (Lipinski definition) is 1. The molecule has 1 aromatic heterocycles. The Hall–Kier alpha value is -2.73. The van der Waals surface area contributed by atoms with Gasteiger partial charge in [-0.05, 0) is 35.6 Å². The van der Waals surface area contributed by atoms with E-state index in [0.29, 0.717) is 31.0 Å². The number of likely N-dealkylation sites (tertiary alicyclic amines) is 1. The predicted octanol–water partition coefficient (Wildman–Crippen LogP) is 2.75. The van der Waals surface area contributed by atoms with Crippen molar-refractivity contribution in [3.63, 3.8) is 0 Å². The van der Waals surface area contributed by atoms with Gasteiger partial charge in [-0.1, -0.05) is 38.1 Å². The summed E-state index contributed by atoms with van der Waals surface area (Å²) in [6.45, 7) is 5.56. The number of carbonyl (C=O) groups is 2. The fourth-order valence-corrected chi connectivity index (χ4v) is 3.57. The van der Waals surface area contributed by atoms with Crippen LogP contribution in [0.2, 0.25) is 0 Å². The van der Waals surface area contributed by atoms with Crippen molar-refractivity contribution in [2.75, 3.05) is 13.7 Å². The minimum atomic E-state index is -0.367. The maximum absolute atomic E-state index is 12.4. The molecule has 1 aliphatic heterocycles. The van der Waals surface area contributed by atoms with E-state index in [0.717, 1.165) is 5.56 Å². The molecule has 6 heteroatoms. The second kappa shape index (κ2) is 8.97. The lowest BCUT2D eigenvalue weighted by molar-refractivity contribution is -0.146. The van der Waals surface area contributed by atoms with Gasteiger partial charge in [0.15, 0.2) is 0 Å². The van der Waals surface area contributed by atoms with Gasteiger partial charge in [0.25, 0.3) is 5.91 Å². The molecule has 0 spiro atoms. The molecule has 6 nitrogen and oxygen atoms in total. The van der Waals surface area contributed by atoms with E-state index in [2.05, 4.69) is 53.3 Å². The van der Waals surface area contributed by atoms with Crippen molar-refractivity contribution < 1.29 is 14.3 Å². The second-order valence-corrected chi connectivity index (χ2v) is 7.51. The molecule has 0 radical (unpaired) electrons. The molecule has 0 aliphatic carbocycles. The Balaban J connectivity index is 1.68. The maximum atomic E-state index is 12.4. The molecule has 2 heterocycles. The molecular formula is C22H27N3O3. The average molecular weight is 381 g/mol. The summed E-state index contributed by atoms with van der Waals surface area (Å²) in [5.41, 5.74) is 2.94. The average Bonchev–Trinajstić information content (AvgIpc) is 3.10. The van der Waals surface area contributed by atoms with Crippen molar-refractivity contribution >= 4 is 11.9 Å². The highest BCUT2D eigenvalue weighted by Gasteiger charge is 2.38. The number of methoxy groups -OCH3 is 1. The first-order chi connectivity index (χ1) is 13.5. The molecule has 1 saturated heterocycles. The monoisotopic (exact) mass is 381 g/mol. The Morgan fingerprint density at radius 2 is 2.00 bits per heavy atom. The number of esters is 1.